The van der Waals surface area contributed by atoms with Crippen LogP contribution >= 0.6 is 0 Å². The van der Waals surface area contributed by atoms with E-state index >= 15 is 0 Å². The third-order valence-corrected chi connectivity index (χ3v) is 2.79. The van der Waals surface area contributed by atoms with Crippen LogP contribution in [0.4, 0.5) is 0 Å². The van der Waals surface area contributed by atoms with Crippen molar-refractivity contribution in [1.29, 1.82) is 0 Å². The molecule has 94 valence electrons. The third-order valence-electron chi connectivity index (χ3n) is 2.79. The molecule has 0 radical (unpaired) electrons. The van der Waals surface area contributed by atoms with Gasteiger partial charge in [-0.2, -0.15) is 0 Å². The van der Waals surface area contributed by atoms with E-state index in [1.54, 1.807) is 0 Å². The predicted octanol–water partition coefficient (Wildman–Crippen LogP) is 0.620. The van der Waals surface area contributed by atoms with Gasteiger partial charge in [0.05, 0.1) is 6.61 Å². The van der Waals surface area contributed by atoms with E-state index in [2.05, 4.69) is 5.32 Å². The maximum Gasteiger partial charge on any atom is 0.328 e. The Labute approximate surface area is 95.9 Å². The molecule has 0 rings (SSSR count). The van der Waals surface area contributed by atoms with Gasteiger partial charge < -0.3 is 15.5 Å². The van der Waals surface area contributed by atoms with Gasteiger partial charge in [0.1, 0.15) is 6.04 Å². The number of aliphatic carboxylic acids is 1. The smallest absolute Gasteiger partial charge is 0.328 e. The van der Waals surface area contributed by atoms with Crippen molar-refractivity contribution in [2.24, 2.45) is 11.3 Å². The second kappa shape index (κ2) is 5.84. The summed E-state index contributed by atoms with van der Waals surface area (Å²) >= 11 is 0. The quantitative estimate of drug-likeness (QED) is 0.647. The molecule has 0 bridgehead atoms. The highest BCUT2D eigenvalue weighted by molar-refractivity contribution is 5.83. The third kappa shape index (κ3) is 5.11. The van der Waals surface area contributed by atoms with E-state index in [9.17, 15) is 9.59 Å². The van der Waals surface area contributed by atoms with E-state index in [0.29, 0.717) is 0 Å². The lowest BCUT2D eigenvalue weighted by atomic mass is 9.80. The maximum absolute atomic E-state index is 11.5. The Morgan fingerprint density at radius 3 is 2.12 bits per heavy atom. The molecular formula is C11H21NO4. The Morgan fingerprint density at radius 1 is 1.31 bits per heavy atom. The highest BCUT2D eigenvalue weighted by Gasteiger charge is 2.25. The van der Waals surface area contributed by atoms with E-state index in [1.807, 2.05) is 27.7 Å². The lowest BCUT2D eigenvalue weighted by Crippen LogP contribution is -2.44. The van der Waals surface area contributed by atoms with Crippen LogP contribution in [-0.2, 0) is 9.59 Å². The zero-order valence-electron chi connectivity index (χ0n) is 10.3. The molecule has 0 aliphatic carbocycles. The van der Waals surface area contributed by atoms with E-state index in [-0.39, 0.29) is 23.7 Å². The molecule has 3 N–H and O–H groups in total. The van der Waals surface area contributed by atoms with Crippen molar-refractivity contribution in [3.8, 4) is 0 Å². The molecule has 5 heteroatoms. The van der Waals surface area contributed by atoms with Crippen LogP contribution in [0.2, 0.25) is 0 Å². The molecule has 5 nitrogen and oxygen atoms in total. The summed E-state index contributed by atoms with van der Waals surface area (Å²) in [5, 5.41) is 19.7. The molecule has 0 saturated heterocycles. The normalized spacial score (nSPS) is 15.3. The first-order valence-electron chi connectivity index (χ1n) is 5.31. The fourth-order valence-electron chi connectivity index (χ4n) is 1.02. The minimum absolute atomic E-state index is 0.00469. The lowest BCUT2D eigenvalue weighted by molar-refractivity contribution is -0.143. The van der Waals surface area contributed by atoms with Crippen LogP contribution in [0.15, 0.2) is 0 Å². The van der Waals surface area contributed by atoms with Gasteiger partial charge in [-0.3, -0.25) is 4.79 Å². The molecule has 0 spiro atoms. The molecule has 0 heterocycles. The van der Waals surface area contributed by atoms with Crippen LogP contribution in [0.3, 0.4) is 0 Å². The number of hydrogen-bond donors (Lipinski definition) is 3. The number of carboxylic acid groups (broad SMARTS) is 1. The average Bonchev–Trinajstić information content (AvgIpc) is 2.11. The zero-order chi connectivity index (χ0) is 12.9. The van der Waals surface area contributed by atoms with Crippen LogP contribution in [0, 0.1) is 11.3 Å². The van der Waals surface area contributed by atoms with Gasteiger partial charge in [-0.15, -0.1) is 0 Å². The SMILES string of the molecule is CC(CC(=O)N[C@H](CO)C(=O)O)C(C)(C)C. The molecule has 2 atom stereocenters. The number of amides is 1. The molecule has 16 heavy (non-hydrogen) atoms. The molecule has 0 aromatic heterocycles. The van der Waals surface area contributed by atoms with Crippen LogP contribution in [0.5, 0.6) is 0 Å². The number of carbonyl (C=O) groups is 2. The van der Waals surface area contributed by atoms with Gasteiger partial charge >= 0.3 is 5.97 Å². The standard InChI is InChI=1S/C11H21NO4/c1-7(11(2,3)4)5-9(14)12-8(6-13)10(15)16/h7-8,13H,5-6H2,1-4H3,(H,12,14)(H,15,16)/t7?,8-/m1/s1. The molecule has 0 aliphatic heterocycles. The van der Waals surface area contributed by atoms with Crippen molar-refractivity contribution in [3.63, 3.8) is 0 Å². The summed E-state index contributed by atoms with van der Waals surface area (Å²) in [6.45, 7) is 7.41. The summed E-state index contributed by atoms with van der Waals surface area (Å²) in [5.74, 6) is -1.43. The summed E-state index contributed by atoms with van der Waals surface area (Å²) < 4.78 is 0. The van der Waals surface area contributed by atoms with Crippen molar-refractivity contribution in [3.05, 3.63) is 0 Å². The fourth-order valence-corrected chi connectivity index (χ4v) is 1.02. The summed E-state index contributed by atoms with van der Waals surface area (Å²) in [4.78, 5) is 22.1. The van der Waals surface area contributed by atoms with E-state index < -0.39 is 18.6 Å². The second-order valence-corrected chi connectivity index (χ2v) is 5.11. The molecule has 1 unspecified atom stereocenters. The van der Waals surface area contributed by atoms with Gasteiger partial charge in [0.15, 0.2) is 0 Å². The van der Waals surface area contributed by atoms with Crippen LogP contribution in [-0.4, -0.2) is 34.7 Å². The van der Waals surface area contributed by atoms with Gasteiger partial charge in [-0.25, -0.2) is 4.79 Å². The van der Waals surface area contributed by atoms with Crippen molar-refractivity contribution in [2.75, 3.05) is 6.61 Å². The largest absolute Gasteiger partial charge is 0.480 e. The fraction of sp³-hybridized carbons (Fsp3) is 0.818. The summed E-state index contributed by atoms with van der Waals surface area (Å²) in [6.07, 6.45) is 0.257. The Bertz CT molecular complexity index is 257. The van der Waals surface area contributed by atoms with Crippen LogP contribution < -0.4 is 5.32 Å². The van der Waals surface area contributed by atoms with Gasteiger partial charge in [0, 0.05) is 6.42 Å². The number of nitrogens with one attached hydrogen (secondary N) is 1. The van der Waals surface area contributed by atoms with Gasteiger partial charge in [-0.1, -0.05) is 27.7 Å². The Kier molecular flexibility index (Phi) is 5.44. The van der Waals surface area contributed by atoms with Gasteiger partial charge in [0.2, 0.25) is 5.91 Å². The van der Waals surface area contributed by atoms with Crippen molar-refractivity contribution < 1.29 is 19.8 Å². The second-order valence-electron chi connectivity index (χ2n) is 5.11. The minimum Gasteiger partial charge on any atom is -0.480 e. The Morgan fingerprint density at radius 2 is 1.81 bits per heavy atom. The van der Waals surface area contributed by atoms with Gasteiger partial charge in [0.25, 0.3) is 0 Å². The maximum atomic E-state index is 11.5. The highest BCUT2D eigenvalue weighted by atomic mass is 16.4. The zero-order valence-corrected chi connectivity index (χ0v) is 10.3. The first kappa shape index (κ1) is 14.9. The molecule has 1 amide bonds. The highest BCUT2D eigenvalue weighted by Crippen LogP contribution is 2.27. The molecule has 0 aromatic carbocycles. The number of aliphatic hydroxyl groups is 1. The van der Waals surface area contributed by atoms with E-state index in [4.69, 9.17) is 10.2 Å². The van der Waals surface area contributed by atoms with Crippen LogP contribution in [0.25, 0.3) is 0 Å². The number of hydrogen-bond acceptors (Lipinski definition) is 3. The van der Waals surface area contributed by atoms with Crippen molar-refractivity contribution in [1.82, 2.24) is 5.32 Å². The Balaban J connectivity index is 4.23. The molecule has 0 saturated carbocycles. The van der Waals surface area contributed by atoms with E-state index in [0.717, 1.165) is 0 Å². The predicted molar refractivity (Wildman–Crippen MR) is 59.9 cm³/mol. The molecule has 0 fully saturated rings. The van der Waals surface area contributed by atoms with Gasteiger partial charge in [-0.05, 0) is 11.3 Å². The molecule has 0 aromatic rings. The number of rotatable bonds is 5. The lowest BCUT2D eigenvalue weighted by Gasteiger charge is -2.27. The van der Waals surface area contributed by atoms with Crippen molar-refractivity contribution in [2.45, 2.75) is 40.2 Å². The topological polar surface area (TPSA) is 86.6 Å². The van der Waals surface area contributed by atoms with Crippen molar-refractivity contribution >= 4 is 11.9 Å². The summed E-state index contributed by atoms with van der Waals surface area (Å²) in [7, 11) is 0. The summed E-state index contributed by atoms with van der Waals surface area (Å²) in [6, 6.07) is -1.21. The minimum atomic E-state index is -1.22. The monoisotopic (exact) mass is 231 g/mol. The van der Waals surface area contributed by atoms with Crippen LogP contribution in [0.1, 0.15) is 34.1 Å². The van der Waals surface area contributed by atoms with E-state index in [1.165, 1.54) is 0 Å². The number of aliphatic hydroxyl groups excluding tert-OH is 1. The first-order valence-corrected chi connectivity index (χ1v) is 5.31. The number of carbonyl (C=O) groups excluding carboxylic acids is 1. The number of carboxylic acids is 1. The first-order chi connectivity index (χ1) is 7.18. The average molecular weight is 231 g/mol. The Hall–Kier alpha value is -1.10. The summed E-state index contributed by atoms with van der Waals surface area (Å²) in [5.41, 5.74) is -0.00469. The molecule has 0 aliphatic rings. The molecular weight excluding hydrogens is 210 g/mol.